The number of rotatable bonds is 4. The SMILES string of the molecule is O=C(O)C1C(c2cccc(F)c2)C1S(=O)(=O)c1ccccc1. The molecule has 3 rings (SSSR count). The molecule has 1 fully saturated rings. The van der Waals surface area contributed by atoms with Crippen molar-refractivity contribution in [2.75, 3.05) is 0 Å². The number of halogens is 1. The third kappa shape index (κ3) is 2.39. The molecule has 114 valence electrons. The summed E-state index contributed by atoms with van der Waals surface area (Å²) in [6.07, 6.45) is 0. The standard InChI is InChI=1S/C16H13FO4S/c17-11-6-4-5-10(9-11)13-14(16(18)19)15(13)22(20,21)12-7-2-1-3-8-12/h1-9,13-15H,(H,18,19). The number of benzene rings is 2. The van der Waals surface area contributed by atoms with E-state index in [1.807, 2.05) is 0 Å². The Morgan fingerprint density at radius 1 is 1.05 bits per heavy atom. The van der Waals surface area contributed by atoms with Crippen LogP contribution in [0.25, 0.3) is 0 Å². The third-order valence-corrected chi connectivity index (χ3v) is 6.13. The summed E-state index contributed by atoms with van der Waals surface area (Å²) in [5, 5.41) is 8.22. The molecule has 1 saturated carbocycles. The average Bonchev–Trinajstić information content (AvgIpc) is 3.25. The van der Waals surface area contributed by atoms with Gasteiger partial charge in [0.1, 0.15) is 5.82 Å². The molecule has 0 bridgehead atoms. The minimum absolute atomic E-state index is 0.0881. The van der Waals surface area contributed by atoms with E-state index < -0.39 is 38.7 Å². The van der Waals surface area contributed by atoms with Gasteiger partial charge in [0.25, 0.3) is 0 Å². The molecule has 0 saturated heterocycles. The number of hydrogen-bond acceptors (Lipinski definition) is 3. The summed E-state index contributed by atoms with van der Waals surface area (Å²) in [5.74, 6) is -3.46. The molecule has 0 aliphatic heterocycles. The van der Waals surface area contributed by atoms with Crippen LogP contribution in [0.3, 0.4) is 0 Å². The van der Waals surface area contributed by atoms with Gasteiger partial charge in [-0.05, 0) is 29.8 Å². The highest BCUT2D eigenvalue weighted by Crippen LogP contribution is 2.54. The lowest BCUT2D eigenvalue weighted by atomic mass is 10.1. The van der Waals surface area contributed by atoms with Crippen LogP contribution >= 0.6 is 0 Å². The summed E-state index contributed by atoms with van der Waals surface area (Å²) < 4.78 is 38.6. The van der Waals surface area contributed by atoms with Crippen molar-refractivity contribution in [3.8, 4) is 0 Å². The Kier molecular flexibility index (Phi) is 3.48. The Balaban J connectivity index is 2.01. The zero-order chi connectivity index (χ0) is 15.9. The maximum atomic E-state index is 13.3. The van der Waals surface area contributed by atoms with Crippen LogP contribution in [-0.4, -0.2) is 24.7 Å². The van der Waals surface area contributed by atoms with Crippen LogP contribution in [0.15, 0.2) is 59.5 Å². The normalized spacial score (nSPS) is 24.0. The largest absolute Gasteiger partial charge is 0.481 e. The van der Waals surface area contributed by atoms with Crippen LogP contribution in [0.2, 0.25) is 0 Å². The lowest BCUT2D eigenvalue weighted by Crippen LogP contribution is -2.13. The molecule has 0 heterocycles. The van der Waals surface area contributed by atoms with Gasteiger partial charge in [0, 0.05) is 5.92 Å². The minimum Gasteiger partial charge on any atom is -0.481 e. The lowest BCUT2D eigenvalue weighted by Gasteiger charge is -2.04. The summed E-state index contributed by atoms with van der Waals surface area (Å²) in [6.45, 7) is 0. The Labute approximate surface area is 127 Å². The van der Waals surface area contributed by atoms with Crippen LogP contribution in [0.4, 0.5) is 4.39 Å². The Morgan fingerprint density at radius 3 is 2.32 bits per heavy atom. The van der Waals surface area contributed by atoms with Crippen LogP contribution in [0.1, 0.15) is 11.5 Å². The first-order valence-corrected chi connectivity index (χ1v) is 8.25. The Hall–Kier alpha value is -2.21. The van der Waals surface area contributed by atoms with E-state index >= 15 is 0 Å². The van der Waals surface area contributed by atoms with Crippen LogP contribution in [-0.2, 0) is 14.6 Å². The molecule has 1 aliphatic carbocycles. The van der Waals surface area contributed by atoms with E-state index in [4.69, 9.17) is 0 Å². The fraction of sp³-hybridized carbons (Fsp3) is 0.188. The molecule has 6 heteroatoms. The van der Waals surface area contributed by atoms with E-state index in [1.54, 1.807) is 24.3 Å². The van der Waals surface area contributed by atoms with E-state index in [0.717, 1.165) is 0 Å². The second kappa shape index (κ2) is 5.21. The molecule has 0 spiro atoms. The van der Waals surface area contributed by atoms with Gasteiger partial charge in [-0.15, -0.1) is 0 Å². The molecule has 4 nitrogen and oxygen atoms in total. The highest BCUT2D eigenvalue weighted by atomic mass is 32.2. The van der Waals surface area contributed by atoms with Gasteiger partial charge in [0.2, 0.25) is 0 Å². The summed E-state index contributed by atoms with van der Waals surface area (Å²) >= 11 is 0. The van der Waals surface area contributed by atoms with Crippen molar-refractivity contribution in [1.29, 1.82) is 0 Å². The van der Waals surface area contributed by atoms with Crippen LogP contribution in [0.5, 0.6) is 0 Å². The van der Waals surface area contributed by atoms with Crippen molar-refractivity contribution in [2.45, 2.75) is 16.1 Å². The maximum absolute atomic E-state index is 13.3. The molecule has 0 aromatic heterocycles. The highest BCUT2D eigenvalue weighted by Gasteiger charge is 2.63. The molecular formula is C16H13FO4S. The molecule has 3 atom stereocenters. The predicted molar refractivity (Wildman–Crippen MR) is 77.7 cm³/mol. The molecule has 0 radical (unpaired) electrons. The number of carbonyl (C=O) groups is 1. The molecular weight excluding hydrogens is 307 g/mol. The van der Waals surface area contributed by atoms with Gasteiger partial charge in [-0.2, -0.15) is 0 Å². The number of carboxylic acid groups (broad SMARTS) is 1. The number of carboxylic acids is 1. The van der Waals surface area contributed by atoms with Gasteiger partial charge in [-0.3, -0.25) is 4.79 Å². The first-order chi connectivity index (χ1) is 10.4. The van der Waals surface area contributed by atoms with Gasteiger partial charge in [-0.25, -0.2) is 12.8 Å². The highest BCUT2D eigenvalue weighted by molar-refractivity contribution is 7.92. The summed E-state index contributed by atoms with van der Waals surface area (Å²) in [6, 6.07) is 13.2. The minimum atomic E-state index is -3.77. The molecule has 3 unspecified atom stereocenters. The predicted octanol–water partition coefficient (Wildman–Crippen LogP) is 2.47. The Morgan fingerprint density at radius 2 is 1.73 bits per heavy atom. The zero-order valence-corrected chi connectivity index (χ0v) is 12.2. The second-order valence-corrected chi connectivity index (χ2v) is 7.37. The average molecular weight is 320 g/mol. The van der Waals surface area contributed by atoms with E-state index in [-0.39, 0.29) is 4.90 Å². The Bertz CT molecular complexity index is 817. The number of hydrogen-bond donors (Lipinski definition) is 1. The smallest absolute Gasteiger partial charge is 0.308 e. The summed E-state index contributed by atoms with van der Waals surface area (Å²) in [4.78, 5) is 11.4. The number of sulfone groups is 1. The van der Waals surface area contributed by atoms with Crippen LogP contribution in [0, 0.1) is 11.7 Å². The molecule has 1 N–H and O–H groups in total. The second-order valence-electron chi connectivity index (χ2n) is 5.27. The first kappa shape index (κ1) is 14.7. The molecule has 0 amide bonds. The van der Waals surface area contributed by atoms with Gasteiger partial charge < -0.3 is 5.11 Å². The molecule has 1 aliphatic rings. The fourth-order valence-corrected chi connectivity index (χ4v) is 4.99. The van der Waals surface area contributed by atoms with E-state index in [2.05, 4.69) is 0 Å². The topological polar surface area (TPSA) is 71.4 Å². The van der Waals surface area contributed by atoms with Crippen molar-refractivity contribution in [1.82, 2.24) is 0 Å². The van der Waals surface area contributed by atoms with Gasteiger partial charge in [0.15, 0.2) is 9.84 Å². The van der Waals surface area contributed by atoms with Crippen molar-refractivity contribution >= 4 is 15.8 Å². The van der Waals surface area contributed by atoms with E-state index in [9.17, 15) is 22.7 Å². The molecule has 22 heavy (non-hydrogen) atoms. The lowest BCUT2D eigenvalue weighted by molar-refractivity contribution is -0.138. The monoisotopic (exact) mass is 320 g/mol. The van der Waals surface area contributed by atoms with Gasteiger partial charge >= 0.3 is 5.97 Å². The van der Waals surface area contributed by atoms with E-state index in [0.29, 0.717) is 5.56 Å². The van der Waals surface area contributed by atoms with Crippen molar-refractivity contribution < 1.29 is 22.7 Å². The summed E-state index contributed by atoms with van der Waals surface area (Å²) in [7, 11) is -3.77. The number of aliphatic carboxylic acids is 1. The first-order valence-electron chi connectivity index (χ1n) is 6.70. The van der Waals surface area contributed by atoms with Crippen molar-refractivity contribution in [3.63, 3.8) is 0 Å². The molecule has 2 aromatic carbocycles. The quantitative estimate of drug-likeness (QED) is 0.939. The maximum Gasteiger partial charge on any atom is 0.308 e. The van der Waals surface area contributed by atoms with Gasteiger partial charge in [0.05, 0.1) is 16.1 Å². The van der Waals surface area contributed by atoms with Crippen molar-refractivity contribution in [2.24, 2.45) is 5.92 Å². The van der Waals surface area contributed by atoms with Gasteiger partial charge in [-0.1, -0.05) is 30.3 Å². The van der Waals surface area contributed by atoms with E-state index in [1.165, 1.54) is 30.3 Å². The van der Waals surface area contributed by atoms with Crippen molar-refractivity contribution in [3.05, 3.63) is 66.0 Å². The summed E-state index contributed by atoms with van der Waals surface area (Å²) in [5.41, 5.74) is 0.400. The third-order valence-electron chi connectivity index (χ3n) is 3.90. The molecule has 2 aromatic rings. The zero-order valence-electron chi connectivity index (χ0n) is 11.4. The van der Waals surface area contributed by atoms with Crippen LogP contribution < -0.4 is 0 Å². The fourth-order valence-electron chi connectivity index (χ4n) is 2.84.